The highest BCUT2D eigenvalue weighted by Gasteiger charge is 2.31. The normalized spacial score (nSPS) is 25.9. The maximum Gasteiger partial charge on any atom is 0.0169 e. The molecule has 2 aliphatic rings. The van der Waals surface area contributed by atoms with Gasteiger partial charge in [-0.15, -0.1) is 0 Å². The first-order chi connectivity index (χ1) is 6.07. The van der Waals surface area contributed by atoms with Crippen molar-refractivity contribution >= 4 is 0 Å². The van der Waals surface area contributed by atoms with Gasteiger partial charge >= 0.3 is 0 Å². The molecule has 2 rings (SSSR count). The predicted molar refractivity (Wildman–Crippen MR) is 56.8 cm³/mol. The van der Waals surface area contributed by atoms with E-state index in [4.69, 9.17) is 0 Å². The van der Waals surface area contributed by atoms with Crippen molar-refractivity contribution in [2.75, 3.05) is 13.1 Å². The molecule has 0 aromatic rings. The van der Waals surface area contributed by atoms with Crippen LogP contribution in [0.4, 0.5) is 0 Å². The number of hydrogen-bond donors (Lipinski definition) is 0. The smallest absolute Gasteiger partial charge is 0.0169 e. The maximum absolute atomic E-state index is 2.63. The molecule has 0 spiro atoms. The Kier molecular flexibility index (Phi) is 2.23. The second kappa shape index (κ2) is 3.13. The van der Waals surface area contributed by atoms with Gasteiger partial charge in [0.05, 0.1) is 0 Å². The van der Waals surface area contributed by atoms with Crippen molar-refractivity contribution in [2.45, 2.75) is 46.1 Å². The van der Waals surface area contributed by atoms with E-state index in [-0.39, 0.29) is 0 Å². The van der Waals surface area contributed by atoms with Gasteiger partial charge < -0.3 is 0 Å². The van der Waals surface area contributed by atoms with Gasteiger partial charge in [-0.2, -0.15) is 0 Å². The van der Waals surface area contributed by atoms with E-state index in [0.717, 1.165) is 6.04 Å². The van der Waals surface area contributed by atoms with Crippen molar-refractivity contribution in [3.63, 3.8) is 0 Å². The quantitative estimate of drug-likeness (QED) is 0.559. The molecule has 1 heteroatoms. The zero-order valence-corrected chi connectivity index (χ0v) is 9.14. The van der Waals surface area contributed by atoms with Crippen molar-refractivity contribution in [3.05, 3.63) is 11.6 Å². The average molecular weight is 179 g/mol. The third kappa shape index (κ3) is 2.14. The average Bonchev–Trinajstić information content (AvgIpc) is 2.85. The Bertz CT molecular complexity index is 218. The summed E-state index contributed by atoms with van der Waals surface area (Å²) in [4.78, 5) is 2.63. The first-order valence-electron chi connectivity index (χ1n) is 5.51. The summed E-state index contributed by atoms with van der Waals surface area (Å²) in [7, 11) is 0. The van der Waals surface area contributed by atoms with Crippen LogP contribution in [0.5, 0.6) is 0 Å². The van der Waals surface area contributed by atoms with E-state index in [2.05, 4.69) is 31.7 Å². The molecular formula is C12H21N. The zero-order chi connectivity index (χ0) is 9.47. The van der Waals surface area contributed by atoms with Crippen LogP contribution in [0.25, 0.3) is 0 Å². The molecule has 0 bridgehead atoms. The Morgan fingerprint density at radius 3 is 2.38 bits per heavy atom. The van der Waals surface area contributed by atoms with E-state index in [1.54, 1.807) is 5.57 Å². The van der Waals surface area contributed by atoms with Crippen molar-refractivity contribution in [2.24, 2.45) is 5.41 Å². The maximum atomic E-state index is 2.63. The van der Waals surface area contributed by atoms with Crippen LogP contribution in [-0.4, -0.2) is 24.0 Å². The molecule has 1 fully saturated rings. The Hall–Kier alpha value is -0.300. The molecule has 1 saturated carbocycles. The molecule has 13 heavy (non-hydrogen) atoms. The standard InChI is InChI=1S/C12H21N/c1-12(2,3)10-6-8-13(9-7-10)11-4-5-11/h6,11H,4-5,7-9H2,1-3H3. The van der Waals surface area contributed by atoms with E-state index in [1.165, 1.54) is 32.4 Å². The Morgan fingerprint density at radius 2 is 2.00 bits per heavy atom. The molecule has 1 heterocycles. The van der Waals surface area contributed by atoms with Gasteiger partial charge in [0.15, 0.2) is 0 Å². The minimum absolute atomic E-state index is 0.398. The zero-order valence-electron chi connectivity index (χ0n) is 9.14. The fourth-order valence-electron chi connectivity index (χ4n) is 2.14. The summed E-state index contributed by atoms with van der Waals surface area (Å²) in [5.74, 6) is 0. The number of hydrogen-bond acceptors (Lipinski definition) is 1. The SMILES string of the molecule is CC(C)(C)C1=CCN(C2CC2)CC1. The van der Waals surface area contributed by atoms with E-state index >= 15 is 0 Å². The summed E-state index contributed by atoms with van der Waals surface area (Å²) in [5.41, 5.74) is 2.06. The second-order valence-corrected chi connectivity index (χ2v) is 5.46. The summed E-state index contributed by atoms with van der Waals surface area (Å²) in [6.07, 6.45) is 6.64. The summed E-state index contributed by atoms with van der Waals surface area (Å²) < 4.78 is 0. The first kappa shape index (κ1) is 9.26. The lowest BCUT2D eigenvalue weighted by molar-refractivity contribution is 0.269. The van der Waals surface area contributed by atoms with Crippen molar-refractivity contribution in [3.8, 4) is 0 Å². The highest BCUT2D eigenvalue weighted by atomic mass is 15.2. The largest absolute Gasteiger partial charge is 0.296 e. The van der Waals surface area contributed by atoms with E-state index < -0.39 is 0 Å². The van der Waals surface area contributed by atoms with E-state index in [0.29, 0.717) is 5.41 Å². The van der Waals surface area contributed by atoms with Crippen LogP contribution in [-0.2, 0) is 0 Å². The monoisotopic (exact) mass is 179 g/mol. The van der Waals surface area contributed by atoms with Crippen LogP contribution >= 0.6 is 0 Å². The molecule has 0 amide bonds. The van der Waals surface area contributed by atoms with Crippen LogP contribution in [0, 0.1) is 5.41 Å². The van der Waals surface area contributed by atoms with Gasteiger partial charge in [-0.1, -0.05) is 32.4 Å². The van der Waals surface area contributed by atoms with Crippen LogP contribution in [0.15, 0.2) is 11.6 Å². The Balaban J connectivity index is 1.95. The van der Waals surface area contributed by atoms with E-state index in [1.807, 2.05) is 0 Å². The lowest BCUT2D eigenvalue weighted by Crippen LogP contribution is -2.32. The number of rotatable bonds is 1. The van der Waals surface area contributed by atoms with Gasteiger partial charge in [0.2, 0.25) is 0 Å². The summed E-state index contributed by atoms with van der Waals surface area (Å²) in [6.45, 7) is 9.48. The van der Waals surface area contributed by atoms with Crippen LogP contribution in [0.3, 0.4) is 0 Å². The lowest BCUT2D eigenvalue weighted by Gasteiger charge is -2.32. The lowest BCUT2D eigenvalue weighted by atomic mass is 9.83. The molecule has 0 aromatic carbocycles. The summed E-state index contributed by atoms with van der Waals surface area (Å²) >= 11 is 0. The molecule has 1 aliphatic heterocycles. The van der Waals surface area contributed by atoms with Crippen molar-refractivity contribution in [1.29, 1.82) is 0 Å². The van der Waals surface area contributed by atoms with Gasteiger partial charge in [0, 0.05) is 19.1 Å². The molecule has 0 unspecified atom stereocenters. The van der Waals surface area contributed by atoms with Gasteiger partial charge in [0.1, 0.15) is 0 Å². The van der Waals surface area contributed by atoms with Gasteiger partial charge in [-0.05, 0) is 24.7 Å². The molecule has 0 N–H and O–H groups in total. The summed E-state index contributed by atoms with van der Waals surface area (Å²) in [5, 5.41) is 0. The minimum atomic E-state index is 0.398. The van der Waals surface area contributed by atoms with Gasteiger partial charge in [-0.25, -0.2) is 0 Å². The van der Waals surface area contributed by atoms with E-state index in [9.17, 15) is 0 Å². The van der Waals surface area contributed by atoms with Gasteiger partial charge in [0.25, 0.3) is 0 Å². The molecule has 1 nitrogen and oxygen atoms in total. The first-order valence-corrected chi connectivity index (χ1v) is 5.51. The number of nitrogens with zero attached hydrogens (tertiary/aromatic N) is 1. The van der Waals surface area contributed by atoms with Crippen molar-refractivity contribution in [1.82, 2.24) is 4.90 Å². The van der Waals surface area contributed by atoms with Gasteiger partial charge in [-0.3, -0.25) is 4.90 Å². The Labute approximate surface area is 81.8 Å². The highest BCUT2D eigenvalue weighted by molar-refractivity contribution is 5.15. The summed E-state index contributed by atoms with van der Waals surface area (Å²) in [6, 6.07) is 0.942. The topological polar surface area (TPSA) is 3.24 Å². The third-order valence-electron chi connectivity index (χ3n) is 3.27. The fourth-order valence-corrected chi connectivity index (χ4v) is 2.14. The fraction of sp³-hybridized carbons (Fsp3) is 0.833. The third-order valence-corrected chi connectivity index (χ3v) is 3.27. The van der Waals surface area contributed by atoms with Crippen LogP contribution in [0.1, 0.15) is 40.0 Å². The molecule has 1 aliphatic carbocycles. The highest BCUT2D eigenvalue weighted by Crippen LogP contribution is 2.34. The Morgan fingerprint density at radius 1 is 1.31 bits per heavy atom. The van der Waals surface area contributed by atoms with Crippen LogP contribution < -0.4 is 0 Å². The predicted octanol–water partition coefficient (Wildman–Crippen LogP) is 2.83. The second-order valence-electron chi connectivity index (χ2n) is 5.46. The molecule has 0 radical (unpaired) electrons. The van der Waals surface area contributed by atoms with Crippen LogP contribution in [0.2, 0.25) is 0 Å². The molecule has 0 aromatic heterocycles. The molecular weight excluding hydrogens is 158 g/mol. The molecule has 0 saturated heterocycles. The van der Waals surface area contributed by atoms with Crippen molar-refractivity contribution < 1.29 is 0 Å². The molecule has 74 valence electrons. The molecule has 0 atom stereocenters. The minimum Gasteiger partial charge on any atom is -0.296 e.